The third-order valence-corrected chi connectivity index (χ3v) is 6.29. The van der Waals surface area contributed by atoms with E-state index in [4.69, 9.17) is 19.9 Å². The number of carbonyl (C=O) groups is 1. The summed E-state index contributed by atoms with van der Waals surface area (Å²) in [5, 5.41) is 12.3. The number of nitrogens with two attached hydrogens (primary N) is 1. The van der Waals surface area contributed by atoms with Gasteiger partial charge in [-0.15, -0.1) is 0 Å². The molecule has 206 valence electrons. The number of carbonyl (C=O) groups excluding carboxylic acids is 1. The molecular weight excluding hydrogens is 520 g/mol. The van der Waals surface area contributed by atoms with Crippen LogP contribution in [-0.2, 0) is 9.53 Å². The second kappa shape index (κ2) is 13.2. The van der Waals surface area contributed by atoms with Gasteiger partial charge in [0.1, 0.15) is 41.0 Å². The SMILES string of the molecule is N#CC(=CCN1CCOCC1)C(=O)Nc1cccc(Oc2ncnc(N)c2-c2ccc(Oc3ccccc3)cc2)c1. The van der Waals surface area contributed by atoms with Crippen LogP contribution in [0, 0.1) is 11.3 Å². The van der Waals surface area contributed by atoms with Gasteiger partial charge in [-0.3, -0.25) is 9.69 Å². The second-order valence-corrected chi connectivity index (χ2v) is 9.11. The summed E-state index contributed by atoms with van der Waals surface area (Å²) in [6, 6.07) is 25.6. The number of para-hydroxylation sites is 1. The van der Waals surface area contributed by atoms with E-state index in [9.17, 15) is 10.1 Å². The van der Waals surface area contributed by atoms with Gasteiger partial charge in [-0.05, 0) is 48.0 Å². The lowest BCUT2D eigenvalue weighted by atomic mass is 10.1. The largest absolute Gasteiger partial charge is 0.457 e. The van der Waals surface area contributed by atoms with Gasteiger partial charge in [0.05, 0.1) is 18.8 Å². The lowest BCUT2D eigenvalue weighted by molar-refractivity contribution is -0.112. The Morgan fingerprint density at radius 2 is 1.71 bits per heavy atom. The average molecular weight is 549 g/mol. The predicted molar refractivity (Wildman–Crippen MR) is 154 cm³/mol. The van der Waals surface area contributed by atoms with E-state index in [1.807, 2.05) is 60.7 Å². The van der Waals surface area contributed by atoms with E-state index >= 15 is 0 Å². The molecule has 0 aliphatic carbocycles. The van der Waals surface area contributed by atoms with Crippen LogP contribution in [0.25, 0.3) is 11.1 Å². The first-order valence-electron chi connectivity index (χ1n) is 13.0. The molecule has 10 nitrogen and oxygen atoms in total. The lowest BCUT2D eigenvalue weighted by Gasteiger charge is -2.25. The van der Waals surface area contributed by atoms with Gasteiger partial charge in [0.25, 0.3) is 5.91 Å². The molecule has 0 bridgehead atoms. The van der Waals surface area contributed by atoms with Gasteiger partial charge < -0.3 is 25.3 Å². The summed E-state index contributed by atoms with van der Waals surface area (Å²) in [6.45, 7) is 3.31. The molecule has 10 heteroatoms. The minimum Gasteiger partial charge on any atom is -0.457 e. The van der Waals surface area contributed by atoms with Gasteiger partial charge in [0, 0.05) is 31.4 Å². The summed E-state index contributed by atoms with van der Waals surface area (Å²) in [7, 11) is 0. The fourth-order valence-electron chi connectivity index (χ4n) is 4.19. The standard InChI is InChI=1S/C31H28N6O4/c32-20-23(13-14-37-15-17-39-18-16-37)30(38)36-24-5-4-8-27(19-24)41-31-28(29(33)34-21-35-31)22-9-11-26(12-10-22)40-25-6-2-1-3-7-25/h1-13,19,21H,14-18H2,(H,36,38)(H2,33,34,35). The van der Waals surface area contributed by atoms with Gasteiger partial charge in [0.15, 0.2) is 0 Å². The van der Waals surface area contributed by atoms with E-state index in [-0.39, 0.29) is 17.3 Å². The maximum Gasteiger partial charge on any atom is 0.266 e. The molecule has 0 atom stereocenters. The molecule has 4 aromatic rings. The number of hydrogen-bond acceptors (Lipinski definition) is 9. The van der Waals surface area contributed by atoms with Crippen molar-refractivity contribution in [2.24, 2.45) is 0 Å². The zero-order chi connectivity index (χ0) is 28.4. The van der Waals surface area contributed by atoms with Crippen molar-refractivity contribution in [3.05, 3.63) is 96.8 Å². The van der Waals surface area contributed by atoms with Crippen LogP contribution in [0.3, 0.4) is 0 Å². The number of ether oxygens (including phenoxy) is 3. The maximum atomic E-state index is 12.8. The van der Waals surface area contributed by atoms with Crippen molar-refractivity contribution in [3.8, 4) is 40.3 Å². The first-order chi connectivity index (χ1) is 20.1. The number of anilines is 2. The quantitative estimate of drug-likeness (QED) is 0.218. The van der Waals surface area contributed by atoms with Crippen LogP contribution >= 0.6 is 0 Å². The number of hydrogen-bond donors (Lipinski definition) is 2. The van der Waals surface area contributed by atoms with Gasteiger partial charge in [0.2, 0.25) is 5.88 Å². The van der Waals surface area contributed by atoms with Gasteiger partial charge in [-0.25, -0.2) is 9.97 Å². The number of amides is 1. The van der Waals surface area contributed by atoms with Crippen LogP contribution in [0.1, 0.15) is 0 Å². The van der Waals surface area contributed by atoms with E-state index in [1.165, 1.54) is 6.33 Å². The fourth-order valence-corrected chi connectivity index (χ4v) is 4.19. The number of nitrogen functional groups attached to an aromatic ring is 1. The average Bonchev–Trinajstić information content (AvgIpc) is 2.99. The number of nitriles is 1. The van der Waals surface area contributed by atoms with Crippen LogP contribution in [-0.4, -0.2) is 53.6 Å². The Bertz CT molecular complexity index is 1560. The van der Waals surface area contributed by atoms with Gasteiger partial charge >= 0.3 is 0 Å². The first-order valence-corrected chi connectivity index (χ1v) is 13.0. The number of aromatic nitrogens is 2. The number of rotatable bonds is 9. The summed E-state index contributed by atoms with van der Waals surface area (Å²) in [5.41, 5.74) is 7.99. The molecule has 0 radical (unpaired) electrons. The van der Waals surface area contributed by atoms with E-state index in [1.54, 1.807) is 30.3 Å². The molecule has 0 saturated carbocycles. The van der Waals surface area contributed by atoms with Crippen LogP contribution in [0.15, 0.2) is 96.8 Å². The maximum absolute atomic E-state index is 12.8. The zero-order valence-electron chi connectivity index (χ0n) is 22.2. The highest BCUT2D eigenvalue weighted by atomic mass is 16.5. The number of nitrogens with one attached hydrogen (secondary N) is 1. The highest BCUT2D eigenvalue weighted by Gasteiger charge is 2.16. The Morgan fingerprint density at radius 1 is 0.976 bits per heavy atom. The molecule has 0 unspecified atom stereocenters. The van der Waals surface area contributed by atoms with Crippen molar-refractivity contribution >= 4 is 17.4 Å². The molecule has 1 aliphatic heterocycles. The molecule has 1 aromatic heterocycles. The normalized spacial score (nSPS) is 13.7. The summed E-state index contributed by atoms with van der Waals surface area (Å²) in [4.78, 5) is 23.3. The van der Waals surface area contributed by atoms with Crippen molar-refractivity contribution in [2.75, 3.05) is 43.9 Å². The highest BCUT2D eigenvalue weighted by molar-refractivity contribution is 6.06. The molecular formula is C31H28N6O4. The molecule has 5 rings (SSSR count). The molecule has 3 N–H and O–H groups in total. The van der Waals surface area contributed by atoms with Crippen molar-refractivity contribution in [3.63, 3.8) is 0 Å². The third kappa shape index (κ3) is 7.24. The minimum atomic E-state index is -0.498. The van der Waals surface area contributed by atoms with E-state index in [0.29, 0.717) is 42.5 Å². The monoisotopic (exact) mass is 548 g/mol. The summed E-state index contributed by atoms with van der Waals surface area (Å²) >= 11 is 0. The predicted octanol–water partition coefficient (Wildman–Crippen LogP) is 5.03. The molecule has 41 heavy (non-hydrogen) atoms. The Labute approximate surface area is 237 Å². The van der Waals surface area contributed by atoms with Crippen molar-refractivity contribution < 1.29 is 19.0 Å². The fraction of sp³-hybridized carbons (Fsp3) is 0.161. The van der Waals surface area contributed by atoms with Crippen molar-refractivity contribution in [1.82, 2.24) is 14.9 Å². The van der Waals surface area contributed by atoms with Gasteiger partial charge in [-0.1, -0.05) is 36.4 Å². The summed E-state index contributed by atoms with van der Waals surface area (Å²) in [5.74, 6) is 1.82. The van der Waals surface area contributed by atoms with Crippen LogP contribution in [0.4, 0.5) is 11.5 Å². The Hall–Kier alpha value is -5.24. The minimum absolute atomic E-state index is 0.0355. The smallest absolute Gasteiger partial charge is 0.266 e. The van der Waals surface area contributed by atoms with Gasteiger partial charge in [-0.2, -0.15) is 5.26 Å². The Balaban J connectivity index is 1.29. The second-order valence-electron chi connectivity index (χ2n) is 9.11. The van der Waals surface area contributed by atoms with E-state index in [2.05, 4.69) is 20.2 Å². The first kappa shape index (κ1) is 27.3. The Kier molecular flexibility index (Phi) is 8.81. The highest BCUT2D eigenvalue weighted by Crippen LogP contribution is 2.36. The molecule has 0 spiro atoms. The molecule has 1 aliphatic rings. The molecule has 2 heterocycles. The number of morpholine rings is 1. The molecule has 3 aromatic carbocycles. The Morgan fingerprint density at radius 3 is 2.46 bits per heavy atom. The molecule has 1 fully saturated rings. The summed E-state index contributed by atoms with van der Waals surface area (Å²) in [6.07, 6.45) is 2.96. The molecule has 1 saturated heterocycles. The lowest BCUT2D eigenvalue weighted by Crippen LogP contribution is -2.36. The zero-order valence-corrected chi connectivity index (χ0v) is 22.2. The molecule has 1 amide bonds. The summed E-state index contributed by atoms with van der Waals surface area (Å²) < 4.78 is 17.3. The number of nitrogens with zero attached hydrogens (tertiary/aromatic N) is 4. The topological polar surface area (TPSA) is 136 Å². The number of benzene rings is 3. The van der Waals surface area contributed by atoms with Crippen molar-refractivity contribution in [2.45, 2.75) is 0 Å². The van der Waals surface area contributed by atoms with Crippen LogP contribution < -0.4 is 20.5 Å². The van der Waals surface area contributed by atoms with Crippen molar-refractivity contribution in [1.29, 1.82) is 5.26 Å². The third-order valence-electron chi connectivity index (χ3n) is 6.29. The van der Waals surface area contributed by atoms with Crippen LogP contribution in [0.5, 0.6) is 23.1 Å². The van der Waals surface area contributed by atoms with E-state index in [0.717, 1.165) is 24.4 Å². The van der Waals surface area contributed by atoms with E-state index < -0.39 is 5.91 Å². The van der Waals surface area contributed by atoms with Crippen LogP contribution in [0.2, 0.25) is 0 Å².